The van der Waals surface area contributed by atoms with Crippen molar-refractivity contribution in [2.24, 2.45) is 5.92 Å². The van der Waals surface area contributed by atoms with Crippen LogP contribution in [0.4, 0.5) is 11.4 Å². The molecule has 0 amide bonds. The lowest BCUT2D eigenvalue weighted by molar-refractivity contribution is -0.384. The monoisotopic (exact) mass is 302 g/mol. The van der Waals surface area contributed by atoms with Crippen LogP contribution < -0.4 is 5.32 Å². The molecule has 0 saturated heterocycles. The number of anilines is 1. The molecule has 0 bridgehead atoms. The van der Waals surface area contributed by atoms with Crippen molar-refractivity contribution in [1.29, 1.82) is 0 Å². The van der Waals surface area contributed by atoms with E-state index in [0.717, 1.165) is 19.3 Å². The van der Waals surface area contributed by atoms with Crippen LogP contribution in [-0.2, 0) is 0 Å². The molecule has 0 heterocycles. The zero-order chi connectivity index (χ0) is 14.0. The maximum absolute atomic E-state index is 11.1. The first-order valence-electron chi connectivity index (χ1n) is 6.39. The molecule has 0 aromatic heterocycles. The van der Waals surface area contributed by atoms with Crippen molar-refractivity contribution < 1.29 is 4.92 Å². The molecule has 104 valence electrons. The molecule has 0 aliphatic heterocycles. The first kappa shape index (κ1) is 14.4. The molecule has 1 fully saturated rings. The third-order valence-electron chi connectivity index (χ3n) is 3.69. The van der Waals surface area contributed by atoms with Gasteiger partial charge in [0.15, 0.2) is 0 Å². The van der Waals surface area contributed by atoms with Crippen molar-refractivity contribution in [2.75, 3.05) is 5.32 Å². The lowest BCUT2D eigenvalue weighted by Gasteiger charge is -2.30. The summed E-state index contributed by atoms with van der Waals surface area (Å²) in [6.45, 7) is 2.17. The third kappa shape index (κ3) is 3.31. The van der Waals surface area contributed by atoms with Gasteiger partial charge in [0.2, 0.25) is 0 Å². The van der Waals surface area contributed by atoms with Gasteiger partial charge < -0.3 is 5.32 Å². The van der Waals surface area contributed by atoms with Crippen LogP contribution in [0.2, 0.25) is 10.0 Å². The van der Waals surface area contributed by atoms with Gasteiger partial charge >= 0.3 is 0 Å². The van der Waals surface area contributed by atoms with E-state index in [1.165, 1.54) is 12.5 Å². The largest absolute Gasteiger partial charge is 0.376 e. The maximum atomic E-state index is 11.1. The molecule has 4 nitrogen and oxygen atoms in total. The van der Waals surface area contributed by atoms with E-state index < -0.39 is 4.92 Å². The molecule has 6 heteroatoms. The summed E-state index contributed by atoms with van der Waals surface area (Å²) >= 11 is 11.8. The van der Waals surface area contributed by atoms with Crippen LogP contribution in [0.5, 0.6) is 0 Å². The summed E-state index contributed by atoms with van der Waals surface area (Å²) in [4.78, 5) is 10.6. The zero-order valence-corrected chi connectivity index (χ0v) is 12.2. The van der Waals surface area contributed by atoms with Crippen LogP contribution >= 0.6 is 23.2 Å². The van der Waals surface area contributed by atoms with Crippen LogP contribution in [0.25, 0.3) is 0 Å². The second-order valence-electron chi connectivity index (χ2n) is 5.05. The Morgan fingerprint density at radius 1 is 1.26 bits per heavy atom. The van der Waals surface area contributed by atoms with E-state index in [1.807, 2.05) is 0 Å². The first-order chi connectivity index (χ1) is 8.99. The number of nitro groups is 1. The van der Waals surface area contributed by atoms with Gasteiger partial charge in [-0.25, -0.2) is 0 Å². The average Bonchev–Trinajstić information content (AvgIpc) is 2.36. The number of rotatable bonds is 3. The summed E-state index contributed by atoms with van der Waals surface area (Å²) < 4.78 is 0. The van der Waals surface area contributed by atoms with Crippen LogP contribution in [0.1, 0.15) is 32.6 Å². The lowest BCUT2D eigenvalue weighted by Crippen LogP contribution is -2.30. The average molecular weight is 303 g/mol. The van der Waals surface area contributed by atoms with E-state index >= 15 is 0 Å². The van der Waals surface area contributed by atoms with E-state index in [-0.39, 0.29) is 16.8 Å². The van der Waals surface area contributed by atoms with Crippen molar-refractivity contribution in [3.63, 3.8) is 0 Å². The highest BCUT2D eigenvalue weighted by atomic mass is 35.5. The number of nitrogens with one attached hydrogen (secondary N) is 1. The Bertz CT molecular complexity index is 494. The van der Waals surface area contributed by atoms with Gasteiger partial charge in [0.25, 0.3) is 5.69 Å². The number of hydrogen-bond acceptors (Lipinski definition) is 3. The minimum absolute atomic E-state index is 0.0211. The predicted molar refractivity (Wildman–Crippen MR) is 78.2 cm³/mol. The smallest absolute Gasteiger partial charge is 0.293 e. The number of nitro benzene ring substituents is 1. The van der Waals surface area contributed by atoms with E-state index in [4.69, 9.17) is 23.2 Å². The van der Waals surface area contributed by atoms with Gasteiger partial charge in [-0.3, -0.25) is 10.1 Å². The fourth-order valence-corrected chi connectivity index (χ4v) is 2.85. The van der Waals surface area contributed by atoms with Crippen molar-refractivity contribution >= 4 is 34.6 Å². The maximum Gasteiger partial charge on any atom is 0.293 e. The summed E-state index contributed by atoms with van der Waals surface area (Å²) in [5.74, 6) is 0.503. The third-order valence-corrected chi connectivity index (χ3v) is 4.41. The Morgan fingerprint density at radius 2 is 1.89 bits per heavy atom. The Hall–Kier alpha value is -1.00. The van der Waals surface area contributed by atoms with Crippen molar-refractivity contribution in [1.82, 2.24) is 0 Å². The van der Waals surface area contributed by atoms with Crippen molar-refractivity contribution in [3.8, 4) is 0 Å². The number of nitrogens with zero attached hydrogens (tertiary/aromatic N) is 1. The van der Waals surface area contributed by atoms with Gasteiger partial charge in [-0.1, -0.05) is 43.0 Å². The number of hydrogen-bond donors (Lipinski definition) is 1. The lowest BCUT2D eigenvalue weighted by atomic mass is 9.86. The minimum Gasteiger partial charge on any atom is -0.376 e. The molecule has 2 unspecified atom stereocenters. The van der Waals surface area contributed by atoms with Gasteiger partial charge in [-0.05, 0) is 24.8 Å². The molecule has 0 radical (unpaired) electrons. The van der Waals surface area contributed by atoms with Crippen molar-refractivity contribution in [3.05, 3.63) is 32.3 Å². The Balaban J connectivity index is 2.27. The molecule has 1 aromatic rings. The quantitative estimate of drug-likeness (QED) is 0.638. The SMILES string of the molecule is CC1CCCCC1Nc1cc(Cl)c(Cl)cc1[N+](=O)[O-]. The van der Waals surface area contributed by atoms with E-state index in [0.29, 0.717) is 16.6 Å². The first-order valence-corrected chi connectivity index (χ1v) is 7.14. The molecule has 2 atom stereocenters. The van der Waals surface area contributed by atoms with Gasteiger partial charge in [0, 0.05) is 12.1 Å². The highest BCUT2D eigenvalue weighted by molar-refractivity contribution is 6.42. The van der Waals surface area contributed by atoms with Crippen LogP contribution in [0.3, 0.4) is 0 Å². The van der Waals surface area contributed by atoms with Gasteiger partial charge in [-0.15, -0.1) is 0 Å². The van der Waals surface area contributed by atoms with Crippen LogP contribution in [-0.4, -0.2) is 11.0 Å². The van der Waals surface area contributed by atoms with E-state index in [9.17, 15) is 10.1 Å². The zero-order valence-electron chi connectivity index (χ0n) is 10.7. The minimum atomic E-state index is -0.433. The number of benzene rings is 1. The highest BCUT2D eigenvalue weighted by Gasteiger charge is 2.25. The van der Waals surface area contributed by atoms with Gasteiger partial charge in [0.05, 0.1) is 15.0 Å². The predicted octanol–water partition coefficient (Wildman–Crippen LogP) is 4.89. The van der Waals surface area contributed by atoms with E-state index in [2.05, 4.69) is 12.2 Å². The fourth-order valence-electron chi connectivity index (χ4n) is 2.53. The Kier molecular flexibility index (Phi) is 4.53. The molecule has 19 heavy (non-hydrogen) atoms. The normalized spacial score (nSPS) is 23.1. The van der Waals surface area contributed by atoms with Gasteiger partial charge in [-0.2, -0.15) is 0 Å². The highest BCUT2D eigenvalue weighted by Crippen LogP contribution is 2.36. The summed E-state index contributed by atoms with van der Waals surface area (Å²) in [5.41, 5.74) is 0.435. The van der Waals surface area contributed by atoms with E-state index in [1.54, 1.807) is 6.07 Å². The molecule has 2 rings (SSSR count). The second-order valence-corrected chi connectivity index (χ2v) is 5.87. The summed E-state index contributed by atoms with van der Waals surface area (Å²) in [6.07, 6.45) is 4.55. The standard InChI is InChI=1S/C13H16Cl2N2O2/c1-8-4-2-3-5-11(8)16-12-6-9(14)10(15)7-13(12)17(18)19/h6-8,11,16H,2-5H2,1H3. The fraction of sp³-hybridized carbons (Fsp3) is 0.538. The second kappa shape index (κ2) is 5.97. The molecule has 1 aromatic carbocycles. The molecule has 1 N–H and O–H groups in total. The van der Waals surface area contributed by atoms with Crippen LogP contribution in [0.15, 0.2) is 12.1 Å². The summed E-state index contributed by atoms with van der Waals surface area (Å²) in [5, 5.41) is 14.9. The Labute approximate surface area is 122 Å². The number of halogens is 2. The Morgan fingerprint density at radius 3 is 2.53 bits per heavy atom. The summed E-state index contributed by atoms with van der Waals surface area (Å²) in [6, 6.07) is 3.10. The molecule has 1 aliphatic carbocycles. The molecular weight excluding hydrogens is 287 g/mol. The summed E-state index contributed by atoms with van der Waals surface area (Å²) in [7, 11) is 0. The van der Waals surface area contributed by atoms with Gasteiger partial charge in [0.1, 0.15) is 5.69 Å². The van der Waals surface area contributed by atoms with Crippen molar-refractivity contribution in [2.45, 2.75) is 38.6 Å². The topological polar surface area (TPSA) is 55.2 Å². The molecule has 1 aliphatic rings. The molecule has 0 spiro atoms. The molecular formula is C13H16Cl2N2O2. The van der Waals surface area contributed by atoms with Crippen LogP contribution in [0, 0.1) is 16.0 Å². The molecule has 1 saturated carbocycles.